The van der Waals surface area contributed by atoms with Crippen LogP contribution in [-0.4, -0.2) is 30.1 Å². The van der Waals surface area contributed by atoms with Gasteiger partial charge in [-0.25, -0.2) is 0 Å². The van der Waals surface area contributed by atoms with Crippen LogP contribution in [0.2, 0.25) is 0 Å². The van der Waals surface area contributed by atoms with Gasteiger partial charge >= 0.3 is 8.80 Å². The zero-order valence-corrected chi connectivity index (χ0v) is 12.6. The Bertz CT molecular complexity index is 355. The van der Waals surface area contributed by atoms with Crippen LogP contribution in [-0.2, 0) is 19.3 Å². The Morgan fingerprint density at radius 2 is 1.29 bits per heavy atom. The average molecular weight is 254 g/mol. The summed E-state index contributed by atoms with van der Waals surface area (Å²) < 4.78 is 16.3. The first kappa shape index (κ1) is 14.4. The van der Waals surface area contributed by atoms with Crippen molar-refractivity contribution < 1.29 is 13.3 Å². The summed E-state index contributed by atoms with van der Waals surface area (Å²) in [5.41, 5.74) is 5.15. The van der Waals surface area contributed by atoms with E-state index in [2.05, 4.69) is 32.9 Å². The molecule has 3 nitrogen and oxygen atoms in total. The van der Waals surface area contributed by atoms with Crippen LogP contribution in [0.4, 0.5) is 0 Å². The highest BCUT2D eigenvalue weighted by Gasteiger charge is 2.38. The molecule has 0 saturated heterocycles. The lowest BCUT2D eigenvalue weighted by Gasteiger charge is -2.24. The van der Waals surface area contributed by atoms with E-state index < -0.39 is 8.80 Å². The maximum absolute atomic E-state index is 5.44. The van der Waals surface area contributed by atoms with Crippen molar-refractivity contribution in [2.45, 2.75) is 26.8 Å². The molecule has 4 heteroatoms. The van der Waals surface area contributed by atoms with Gasteiger partial charge in [0, 0.05) is 27.4 Å². The molecule has 17 heavy (non-hydrogen) atoms. The van der Waals surface area contributed by atoms with Gasteiger partial charge in [-0.2, -0.15) is 0 Å². The minimum Gasteiger partial charge on any atom is -0.377 e. The maximum atomic E-state index is 5.44. The molecule has 0 radical (unpaired) electrons. The summed E-state index contributed by atoms with van der Waals surface area (Å²) in [5.74, 6) is 0. The summed E-state index contributed by atoms with van der Waals surface area (Å²) >= 11 is 0. The normalized spacial score (nSPS) is 11.9. The highest BCUT2D eigenvalue weighted by Crippen LogP contribution is 2.20. The highest BCUT2D eigenvalue weighted by molar-refractivity contribution is 6.60. The van der Waals surface area contributed by atoms with E-state index in [0.717, 1.165) is 0 Å². The van der Waals surface area contributed by atoms with Crippen LogP contribution >= 0.6 is 0 Å². The molecular weight excluding hydrogens is 232 g/mol. The van der Waals surface area contributed by atoms with Gasteiger partial charge in [-0.15, -0.1) is 0 Å². The van der Waals surface area contributed by atoms with Crippen LogP contribution in [0.25, 0.3) is 0 Å². The van der Waals surface area contributed by atoms with E-state index in [9.17, 15) is 0 Å². The van der Waals surface area contributed by atoms with Crippen LogP contribution in [0.15, 0.2) is 12.1 Å². The molecule has 1 aromatic rings. The molecular formula is C13H22O3Si. The van der Waals surface area contributed by atoms with Gasteiger partial charge in [0.05, 0.1) is 0 Å². The van der Waals surface area contributed by atoms with Crippen molar-refractivity contribution in [2.24, 2.45) is 0 Å². The largest absolute Gasteiger partial charge is 0.504 e. The van der Waals surface area contributed by atoms with Crippen LogP contribution in [0.5, 0.6) is 0 Å². The molecule has 0 saturated carbocycles. The lowest BCUT2D eigenvalue weighted by molar-refractivity contribution is 0.122. The summed E-state index contributed by atoms with van der Waals surface area (Å²) in [6, 6.07) is 5.07. The fourth-order valence-corrected chi connectivity index (χ4v) is 3.58. The second-order valence-electron chi connectivity index (χ2n) is 4.33. The van der Waals surface area contributed by atoms with Gasteiger partial charge in [-0.3, -0.25) is 0 Å². The Kier molecular flexibility index (Phi) is 4.88. The quantitative estimate of drug-likeness (QED) is 0.756. The molecule has 1 aromatic carbocycles. The number of aryl methyl sites for hydroxylation is 2. The summed E-state index contributed by atoms with van der Waals surface area (Å²) in [6.07, 6.45) is 0. The van der Waals surface area contributed by atoms with Crippen LogP contribution < -0.4 is 0 Å². The SMILES string of the molecule is CO[Si](Cc1cc(C)c(C)c(C)c1)(OC)OC. The molecule has 0 bridgehead atoms. The molecule has 0 aromatic heterocycles. The first-order chi connectivity index (χ1) is 7.98. The fourth-order valence-electron chi connectivity index (χ4n) is 1.94. The molecule has 96 valence electrons. The van der Waals surface area contributed by atoms with E-state index in [0.29, 0.717) is 6.04 Å². The van der Waals surface area contributed by atoms with Crippen LogP contribution in [0.3, 0.4) is 0 Å². The van der Waals surface area contributed by atoms with Crippen molar-refractivity contribution >= 4 is 8.80 Å². The van der Waals surface area contributed by atoms with E-state index >= 15 is 0 Å². The zero-order valence-electron chi connectivity index (χ0n) is 11.6. The zero-order chi connectivity index (χ0) is 13.1. The summed E-state index contributed by atoms with van der Waals surface area (Å²) in [4.78, 5) is 0. The van der Waals surface area contributed by atoms with E-state index in [4.69, 9.17) is 13.3 Å². The smallest absolute Gasteiger partial charge is 0.377 e. The van der Waals surface area contributed by atoms with Crippen LogP contribution in [0, 0.1) is 20.8 Å². The molecule has 0 atom stereocenters. The number of hydrogen-bond donors (Lipinski definition) is 0. The van der Waals surface area contributed by atoms with Crippen LogP contribution in [0.1, 0.15) is 22.3 Å². The minimum absolute atomic E-state index is 0.707. The Hall–Kier alpha value is -0.683. The lowest BCUT2D eigenvalue weighted by atomic mass is 10.0. The molecule has 0 fully saturated rings. The predicted molar refractivity (Wildman–Crippen MR) is 71.1 cm³/mol. The maximum Gasteiger partial charge on any atom is 0.504 e. The number of benzene rings is 1. The Balaban J connectivity index is 3.02. The van der Waals surface area contributed by atoms with Gasteiger partial charge in [0.25, 0.3) is 0 Å². The Morgan fingerprint density at radius 3 is 1.65 bits per heavy atom. The van der Waals surface area contributed by atoms with Crippen molar-refractivity contribution in [2.75, 3.05) is 21.3 Å². The fraction of sp³-hybridized carbons (Fsp3) is 0.538. The number of hydrogen-bond acceptors (Lipinski definition) is 3. The van der Waals surface area contributed by atoms with Crippen molar-refractivity contribution in [1.82, 2.24) is 0 Å². The van der Waals surface area contributed by atoms with Crippen molar-refractivity contribution in [3.8, 4) is 0 Å². The second-order valence-corrected chi connectivity index (χ2v) is 7.27. The molecule has 0 heterocycles. The Morgan fingerprint density at radius 1 is 0.882 bits per heavy atom. The first-order valence-corrected chi connectivity index (χ1v) is 7.63. The minimum atomic E-state index is -2.52. The molecule has 1 rings (SSSR count). The molecule has 0 N–H and O–H groups in total. The van der Waals surface area contributed by atoms with E-state index in [1.807, 2.05) is 0 Å². The number of rotatable bonds is 5. The third-order valence-corrected chi connectivity index (χ3v) is 6.05. The Labute approximate surface area is 105 Å². The van der Waals surface area contributed by atoms with Crippen molar-refractivity contribution in [3.05, 3.63) is 34.4 Å². The molecule has 0 aliphatic rings. The van der Waals surface area contributed by atoms with Gasteiger partial charge in [-0.05, 0) is 43.0 Å². The molecule has 0 aliphatic carbocycles. The molecule has 0 unspecified atom stereocenters. The highest BCUT2D eigenvalue weighted by atomic mass is 28.4. The average Bonchev–Trinajstić information content (AvgIpc) is 2.33. The predicted octanol–water partition coefficient (Wildman–Crippen LogP) is 2.57. The van der Waals surface area contributed by atoms with Gasteiger partial charge in [0.1, 0.15) is 0 Å². The standard InChI is InChI=1S/C13H22O3Si/c1-10-7-13(8-11(2)12(10)3)9-17(14-4,15-5)16-6/h7-8H,9H2,1-6H3. The van der Waals surface area contributed by atoms with Gasteiger partial charge in [0.2, 0.25) is 0 Å². The van der Waals surface area contributed by atoms with E-state index in [1.54, 1.807) is 21.3 Å². The summed E-state index contributed by atoms with van der Waals surface area (Å²) in [6.45, 7) is 6.39. The topological polar surface area (TPSA) is 27.7 Å². The van der Waals surface area contributed by atoms with Gasteiger partial charge < -0.3 is 13.3 Å². The van der Waals surface area contributed by atoms with E-state index in [1.165, 1.54) is 22.3 Å². The first-order valence-electron chi connectivity index (χ1n) is 5.70. The van der Waals surface area contributed by atoms with Gasteiger partial charge in [-0.1, -0.05) is 12.1 Å². The molecule has 0 spiro atoms. The van der Waals surface area contributed by atoms with Crippen molar-refractivity contribution in [1.29, 1.82) is 0 Å². The van der Waals surface area contributed by atoms with Crippen molar-refractivity contribution in [3.63, 3.8) is 0 Å². The monoisotopic (exact) mass is 254 g/mol. The lowest BCUT2D eigenvalue weighted by Crippen LogP contribution is -2.45. The summed E-state index contributed by atoms with van der Waals surface area (Å²) in [7, 11) is 2.42. The van der Waals surface area contributed by atoms with Gasteiger partial charge in [0.15, 0.2) is 0 Å². The summed E-state index contributed by atoms with van der Waals surface area (Å²) in [5, 5.41) is 0. The third kappa shape index (κ3) is 3.16. The van der Waals surface area contributed by atoms with E-state index in [-0.39, 0.29) is 0 Å². The molecule has 0 amide bonds. The third-order valence-electron chi connectivity index (χ3n) is 3.34. The molecule has 0 aliphatic heterocycles. The second kappa shape index (κ2) is 5.77.